The Morgan fingerprint density at radius 3 is 2.53 bits per heavy atom. The highest BCUT2D eigenvalue weighted by molar-refractivity contribution is 5.87. The van der Waals surface area contributed by atoms with Crippen molar-refractivity contribution < 1.29 is 27.2 Å². The first-order valence-corrected chi connectivity index (χ1v) is 9.22. The average Bonchev–Trinajstić information content (AvgIpc) is 3.31. The minimum Gasteiger partial charge on any atom is -0.472 e. The maximum Gasteiger partial charge on any atom is 0.420 e. The largest absolute Gasteiger partial charge is 0.472 e. The zero-order chi connectivity index (χ0) is 22.1. The predicted molar refractivity (Wildman–Crippen MR) is 102 cm³/mol. The van der Waals surface area contributed by atoms with Gasteiger partial charge in [-0.05, 0) is 18.1 Å². The molecule has 0 aromatic carbocycles. The lowest BCUT2D eigenvalue weighted by Crippen LogP contribution is -2.48. The molecule has 0 aliphatic carbocycles. The lowest BCUT2D eigenvalue weighted by molar-refractivity contribution is -0.136. The third kappa shape index (κ3) is 4.64. The van der Waals surface area contributed by atoms with Crippen LogP contribution in [0, 0.1) is 5.92 Å². The third-order valence-electron chi connectivity index (χ3n) is 4.51. The van der Waals surface area contributed by atoms with Crippen LogP contribution in [0.25, 0.3) is 16.8 Å². The van der Waals surface area contributed by atoms with E-state index in [-0.39, 0.29) is 29.7 Å². The number of hydrogen-bond acceptors (Lipinski definition) is 4. The van der Waals surface area contributed by atoms with Crippen LogP contribution in [0.3, 0.4) is 0 Å². The summed E-state index contributed by atoms with van der Waals surface area (Å²) >= 11 is 0. The summed E-state index contributed by atoms with van der Waals surface area (Å²) in [5, 5.41) is 5.18. The summed E-state index contributed by atoms with van der Waals surface area (Å²) in [5.74, 6) is -0.949. The smallest absolute Gasteiger partial charge is 0.420 e. The molecule has 1 unspecified atom stereocenters. The van der Waals surface area contributed by atoms with Crippen molar-refractivity contribution in [3.63, 3.8) is 0 Å². The van der Waals surface area contributed by atoms with E-state index in [1.54, 1.807) is 19.9 Å². The molecule has 30 heavy (non-hydrogen) atoms. The van der Waals surface area contributed by atoms with Crippen molar-refractivity contribution in [2.24, 2.45) is 5.92 Å². The number of imidazole rings is 1. The highest BCUT2D eigenvalue weighted by Crippen LogP contribution is 2.35. The molecule has 2 N–H and O–H groups in total. The van der Waals surface area contributed by atoms with E-state index < -0.39 is 23.7 Å². The summed E-state index contributed by atoms with van der Waals surface area (Å²) in [6.07, 6.45) is 1.07. The van der Waals surface area contributed by atoms with Gasteiger partial charge in [-0.2, -0.15) is 13.2 Å². The number of fused-ring (bicyclic) bond motifs is 1. The molecule has 0 aliphatic rings. The molecule has 2 amide bonds. The fraction of sp³-hybridized carbons (Fsp3) is 0.350. The topological polar surface area (TPSA) is 88.6 Å². The van der Waals surface area contributed by atoms with E-state index in [4.69, 9.17) is 4.42 Å². The zero-order valence-electron chi connectivity index (χ0n) is 16.6. The fourth-order valence-corrected chi connectivity index (χ4v) is 3.07. The Hall–Kier alpha value is -3.30. The van der Waals surface area contributed by atoms with Crippen molar-refractivity contribution in [3.05, 3.63) is 48.3 Å². The van der Waals surface area contributed by atoms with Crippen LogP contribution in [0.5, 0.6) is 0 Å². The molecule has 3 heterocycles. The van der Waals surface area contributed by atoms with E-state index in [1.807, 2.05) is 0 Å². The van der Waals surface area contributed by atoms with E-state index in [0.717, 1.165) is 6.07 Å². The van der Waals surface area contributed by atoms with Crippen molar-refractivity contribution in [3.8, 4) is 11.1 Å². The Labute approximate surface area is 170 Å². The number of nitrogens with one attached hydrogen (secondary N) is 2. The van der Waals surface area contributed by atoms with Crippen LogP contribution in [0.2, 0.25) is 0 Å². The van der Waals surface area contributed by atoms with E-state index in [9.17, 15) is 22.8 Å². The number of hydrogen-bond donors (Lipinski definition) is 2. The van der Waals surface area contributed by atoms with Gasteiger partial charge in [0.1, 0.15) is 11.7 Å². The van der Waals surface area contributed by atoms with Gasteiger partial charge in [0, 0.05) is 30.4 Å². The van der Waals surface area contributed by atoms with Crippen LogP contribution in [-0.2, 0) is 22.3 Å². The molecular weight excluding hydrogens is 401 g/mol. The van der Waals surface area contributed by atoms with Gasteiger partial charge in [-0.1, -0.05) is 13.8 Å². The molecule has 0 fully saturated rings. The van der Waals surface area contributed by atoms with Crippen molar-refractivity contribution >= 4 is 17.5 Å². The van der Waals surface area contributed by atoms with Gasteiger partial charge in [-0.15, -0.1) is 0 Å². The normalized spacial score (nSPS) is 12.9. The number of pyridine rings is 1. The maximum atomic E-state index is 13.6. The Morgan fingerprint density at radius 2 is 1.97 bits per heavy atom. The molecule has 1 atom stereocenters. The number of carbonyl (C=O) groups is 2. The quantitative estimate of drug-likeness (QED) is 0.637. The molecule has 0 saturated carbocycles. The second-order valence-corrected chi connectivity index (χ2v) is 7.26. The molecule has 3 aromatic rings. The van der Waals surface area contributed by atoms with Gasteiger partial charge in [0.05, 0.1) is 30.3 Å². The monoisotopic (exact) mass is 422 g/mol. The standard InChI is InChI=1S/C20H21F3N4O3/c1-11(2)17(25-12(3)28)19(29)24-7-15-9-27-8-14(13-4-5-30-10-13)6-16(18(27)26-15)20(21,22)23/h4-6,8-11,17H,7H2,1-3H3,(H,24,29)(H,25,28). The van der Waals surface area contributed by atoms with Crippen LogP contribution in [0.4, 0.5) is 13.2 Å². The minimum atomic E-state index is -4.61. The van der Waals surface area contributed by atoms with Gasteiger partial charge in [-0.3, -0.25) is 9.59 Å². The van der Waals surface area contributed by atoms with Gasteiger partial charge in [0.25, 0.3) is 0 Å². The van der Waals surface area contributed by atoms with Gasteiger partial charge in [-0.25, -0.2) is 4.98 Å². The molecule has 3 rings (SSSR count). The van der Waals surface area contributed by atoms with Gasteiger partial charge in [0.15, 0.2) is 0 Å². The maximum absolute atomic E-state index is 13.6. The second kappa shape index (κ2) is 8.21. The zero-order valence-corrected chi connectivity index (χ0v) is 16.6. The fourth-order valence-electron chi connectivity index (χ4n) is 3.07. The summed E-state index contributed by atoms with van der Waals surface area (Å²) < 4.78 is 47.0. The molecule has 10 heteroatoms. The summed E-state index contributed by atoms with van der Waals surface area (Å²) in [6, 6.07) is 1.83. The number of aromatic nitrogens is 2. The number of nitrogens with zero attached hydrogens (tertiary/aromatic N) is 2. The SMILES string of the molecule is CC(=O)NC(C(=O)NCc1cn2cc(-c3ccoc3)cc(C(F)(F)F)c2n1)C(C)C. The third-order valence-corrected chi connectivity index (χ3v) is 4.51. The first-order valence-electron chi connectivity index (χ1n) is 9.22. The molecule has 0 radical (unpaired) electrons. The van der Waals surface area contributed by atoms with Crippen molar-refractivity contribution in [1.82, 2.24) is 20.0 Å². The molecule has 7 nitrogen and oxygen atoms in total. The molecular formula is C20H21F3N4O3. The summed E-state index contributed by atoms with van der Waals surface area (Å²) in [6.45, 7) is 4.78. The predicted octanol–water partition coefficient (Wildman–Crippen LogP) is 3.39. The first kappa shape index (κ1) is 21.4. The van der Waals surface area contributed by atoms with Crippen molar-refractivity contribution in [2.45, 2.75) is 39.5 Å². The number of amides is 2. The number of halogens is 3. The van der Waals surface area contributed by atoms with E-state index in [1.165, 1.54) is 36.2 Å². The van der Waals surface area contributed by atoms with Gasteiger partial charge < -0.3 is 19.5 Å². The molecule has 3 aromatic heterocycles. The molecule has 0 bridgehead atoms. The Bertz CT molecular complexity index is 1060. The number of furan rings is 1. The van der Waals surface area contributed by atoms with Crippen LogP contribution in [0.15, 0.2) is 41.5 Å². The average molecular weight is 422 g/mol. The van der Waals surface area contributed by atoms with Crippen LogP contribution in [-0.4, -0.2) is 27.2 Å². The van der Waals surface area contributed by atoms with Crippen LogP contribution < -0.4 is 10.6 Å². The number of rotatable bonds is 6. The summed E-state index contributed by atoms with van der Waals surface area (Å²) in [5.41, 5.74) is -0.0787. The summed E-state index contributed by atoms with van der Waals surface area (Å²) in [7, 11) is 0. The highest BCUT2D eigenvalue weighted by atomic mass is 19.4. The van der Waals surface area contributed by atoms with Gasteiger partial charge >= 0.3 is 6.18 Å². The van der Waals surface area contributed by atoms with Crippen molar-refractivity contribution in [2.75, 3.05) is 0 Å². The Kier molecular flexibility index (Phi) is 5.86. The van der Waals surface area contributed by atoms with E-state index in [2.05, 4.69) is 15.6 Å². The lowest BCUT2D eigenvalue weighted by atomic mass is 10.0. The lowest BCUT2D eigenvalue weighted by Gasteiger charge is -2.20. The molecule has 160 valence electrons. The molecule has 0 saturated heterocycles. The summed E-state index contributed by atoms with van der Waals surface area (Å²) in [4.78, 5) is 27.7. The van der Waals surface area contributed by atoms with E-state index >= 15 is 0 Å². The number of carbonyl (C=O) groups excluding carboxylic acids is 2. The molecule has 0 spiro atoms. The highest BCUT2D eigenvalue weighted by Gasteiger charge is 2.35. The van der Waals surface area contributed by atoms with Crippen LogP contribution in [0.1, 0.15) is 32.0 Å². The first-order chi connectivity index (χ1) is 14.1. The second-order valence-electron chi connectivity index (χ2n) is 7.26. The minimum absolute atomic E-state index is 0.0817. The van der Waals surface area contributed by atoms with Gasteiger partial charge in [0.2, 0.25) is 11.8 Å². The molecule has 0 aliphatic heterocycles. The Balaban J connectivity index is 1.89. The Morgan fingerprint density at radius 1 is 1.23 bits per heavy atom. The van der Waals surface area contributed by atoms with Crippen molar-refractivity contribution in [1.29, 1.82) is 0 Å². The number of alkyl halides is 3. The van der Waals surface area contributed by atoms with E-state index in [0.29, 0.717) is 11.1 Å². The van der Waals surface area contributed by atoms with Crippen LogP contribution >= 0.6 is 0 Å².